The highest BCUT2D eigenvalue weighted by atomic mass is 16.5. The molecule has 0 aromatic heterocycles. The number of imide groups is 1. The highest BCUT2D eigenvalue weighted by molar-refractivity contribution is 6.14. The summed E-state index contributed by atoms with van der Waals surface area (Å²) in [4.78, 5) is 37.0. The molecule has 1 rings (SSSR count). The average Bonchev–Trinajstić information content (AvgIpc) is 2.93. The van der Waals surface area contributed by atoms with Crippen LogP contribution in [0, 0.1) is 0 Å². The lowest BCUT2D eigenvalue weighted by Crippen LogP contribution is -2.45. The molecular formula is C20H33NO4. The van der Waals surface area contributed by atoms with Crippen LogP contribution in [0.1, 0.15) is 84.5 Å². The van der Waals surface area contributed by atoms with Crippen molar-refractivity contribution in [1.82, 2.24) is 4.90 Å². The molecule has 1 aliphatic rings. The molecule has 1 unspecified atom stereocenters. The fourth-order valence-electron chi connectivity index (χ4n) is 2.97. The third-order valence-corrected chi connectivity index (χ3v) is 4.50. The first-order valence-electron chi connectivity index (χ1n) is 9.83. The van der Waals surface area contributed by atoms with E-state index in [0.29, 0.717) is 13.0 Å². The first-order chi connectivity index (χ1) is 12.1. The van der Waals surface area contributed by atoms with E-state index in [1.165, 1.54) is 44.3 Å². The molecule has 0 aliphatic carbocycles. The van der Waals surface area contributed by atoms with Gasteiger partial charge in [-0.1, -0.05) is 71.6 Å². The molecule has 1 aliphatic heterocycles. The van der Waals surface area contributed by atoms with Gasteiger partial charge < -0.3 is 4.74 Å². The van der Waals surface area contributed by atoms with Gasteiger partial charge in [0.15, 0.2) is 0 Å². The molecule has 1 heterocycles. The van der Waals surface area contributed by atoms with E-state index < -0.39 is 23.8 Å². The molecule has 0 aromatic rings. The van der Waals surface area contributed by atoms with E-state index in [1.54, 1.807) is 0 Å². The number of carbonyl (C=O) groups is 3. The molecule has 25 heavy (non-hydrogen) atoms. The number of amides is 2. The Morgan fingerprint density at radius 1 is 0.880 bits per heavy atom. The Labute approximate surface area is 151 Å². The molecule has 0 N–H and O–H groups in total. The Morgan fingerprint density at radius 3 is 1.96 bits per heavy atom. The summed E-state index contributed by atoms with van der Waals surface area (Å²) in [5.74, 6) is -1.30. The van der Waals surface area contributed by atoms with Gasteiger partial charge in [-0.3, -0.25) is 14.5 Å². The van der Waals surface area contributed by atoms with Gasteiger partial charge in [0.05, 0.1) is 6.61 Å². The summed E-state index contributed by atoms with van der Waals surface area (Å²) in [5, 5.41) is 0. The van der Waals surface area contributed by atoms with Crippen LogP contribution in [0.25, 0.3) is 0 Å². The van der Waals surface area contributed by atoms with Gasteiger partial charge >= 0.3 is 5.97 Å². The van der Waals surface area contributed by atoms with Gasteiger partial charge in [0.1, 0.15) is 6.04 Å². The Balaban J connectivity index is 2.29. The molecule has 0 fully saturated rings. The highest BCUT2D eigenvalue weighted by Gasteiger charge is 2.36. The number of ether oxygens (including phenoxy) is 1. The zero-order valence-corrected chi connectivity index (χ0v) is 15.8. The summed E-state index contributed by atoms with van der Waals surface area (Å²) in [6.07, 6.45) is 14.0. The minimum absolute atomic E-state index is 0.361. The lowest BCUT2D eigenvalue weighted by atomic mass is 10.1. The van der Waals surface area contributed by atoms with Gasteiger partial charge in [-0.05, 0) is 12.8 Å². The van der Waals surface area contributed by atoms with Crippen LogP contribution >= 0.6 is 0 Å². The van der Waals surface area contributed by atoms with Crippen molar-refractivity contribution in [1.29, 1.82) is 0 Å². The van der Waals surface area contributed by atoms with Crippen LogP contribution in [0.4, 0.5) is 0 Å². The molecule has 0 radical (unpaired) electrons. The van der Waals surface area contributed by atoms with Crippen LogP contribution in [0.2, 0.25) is 0 Å². The highest BCUT2D eigenvalue weighted by Crippen LogP contribution is 2.17. The standard InChI is InChI=1S/C20H33NO4/c1-3-5-7-8-9-10-11-12-16-25-20(24)17(13-6-4-2)21-18(22)14-15-19(21)23/h14-15,17H,3-13,16H2,1-2H3. The van der Waals surface area contributed by atoms with Crippen molar-refractivity contribution in [3.05, 3.63) is 12.2 Å². The third-order valence-electron chi connectivity index (χ3n) is 4.50. The molecule has 0 bridgehead atoms. The van der Waals surface area contributed by atoms with Crippen molar-refractivity contribution >= 4 is 17.8 Å². The maximum absolute atomic E-state index is 12.3. The molecule has 0 saturated carbocycles. The van der Waals surface area contributed by atoms with Crippen LogP contribution < -0.4 is 0 Å². The Bertz CT molecular complexity index is 441. The van der Waals surface area contributed by atoms with Gasteiger partial charge in [0.2, 0.25) is 0 Å². The van der Waals surface area contributed by atoms with E-state index in [9.17, 15) is 14.4 Å². The van der Waals surface area contributed by atoms with Gasteiger partial charge in [0, 0.05) is 12.2 Å². The third kappa shape index (κ3) is 7.84. The number of unbranched alkanes of at least 4 members (excludes halogenated alkanes) is 8. The Kier molecular flexibility index (Phi) is 10.8. The minimum Gasteiger partial charge on any atom is -0.464 e. The van der Waals surface area contributed by atoms with Crippen LogP contribution in [0.15, 0.2) is 12.2 Å². The molecule has 5 nitrogen and oxygen atoms in total. The fraction of sp³-hybridized carbons (Fsp3) is 0.750. The number of nitrogens with zero attached hydrogens (tertiary/aromatic N) is 1. The van der Waals surface area contributed by atoms with E-state index in [4.69, 9.17) is 4.74 Å². The molecular weight excluding hydrogens is 318 g/mol. The summed E-state index contributed by atoms with van der Waals surface area (Å²) in [6, 6.07) is -0.788. The molecule has 5 heteroatoms. The second-order valence-corrected chi connectivity index (χ2v) is 6.68. The summed E-state index contributed by atoms with van der Waals surface area (Å²) in [6.45, 7) is 4.58. The molecule has 0 saturated heterocycles. The van der Waals surface area contributed by atoms with Crippen LogP contribution in [0.5, 0.6) is 0 Å². The van der Waals surface area contributed by atoms with E-state index in [0.717, 1.165) is 37.0 Å². The van der Waals surface area contributed by atoms with E-state index in [-0.39, 0.29) is 0 Å². The molecule has 1 atom stereocenters. The quantitative estimate of drug-likeness (QED) is 0.268. The first-order valence-corrected chi connectivity index (χ1v) is 9.83. The maximum Gasteiger partial charge on any atom is 0.329 e. The van der Waals surface area contributed by atoms with Crippen LogP contribution in [-0.2, 0) is 19.1 Å². The summed E-state index contributed by atoms with van der Waals surface area (Å²) >= 11 is 0. The SMILES string of the molecule is CCCCCCCCCCOC(=O)C(CCCC)N1C(=O)C=CC1=O. The minimum atomic E-state index is -0.788. The first kappa shape index (κ1) is 21.4. The number of carbonyl (C=O) groups excluding carboxylic acids is 3. The zero-order chi connectivity index (χ0) is 18.5. The fourth-order valence-corrected chi connectivity index (χ4v) is 2.97. The second kappa shape index (κ2) is 12.7. The van der Waals surface area contributed by atoms with E-state index in [2.05, 4.69) is 6.92 Å². The largest absolute Gasteiger partial charge is 0.464 e. The molecule has 0 aromatic carbocycles. The topological polar surface area (TPSA) is 63.7 Å². The zero-order valence-electron chi connectivity index (χ0n) is 15.8. The average molecular weight is 351 g/mol. The molecule has 0 spiro atoms. The van der Waals surface area contributed by atoms with Crippen molar-refractivity contribution < 1.29 is 19.1 Å². The van der Waals surface area contributed by atoms with Crippen LogP contribution in [-0.4, -0.2) is 35.3 Å². The molecule has 142 valence electrons. The Hall–Kier alpha value is -1.65. The van der Waals surface area contributed by atoms with Gasteiger partial charge in [0.25, 0.3) is 11.8 Å². The van der Waals surface area contributed by atoms with Crippen LogP contribution in [0.3, 0.4) is 0 Å². The van der Waals surface area contributed by atoms with Gasteiger partial charge in [-0.2, -0.15) is 0 Å². The van der Waals surface area contributed by atoms with Crippen molar-refractivity contribution in [3.63, 3.8) is 0 Å². The van der Waals surface area contributed by atoms with Crippen molar-refractivity contribution in [3.8, 4) is 0 Å². The number of rotatable bonds is 14. The van der Waals surface area contributed by atoms with Gasteiger partial charge in [-0.25, -0.2) is 4.79 Å². The lowest BCUT2D eigenvalue weighted by molar-refractivity contribution is -0.158. The smallest absolute Gasteiger partial charge is 0.329 e. The summed E-state index contributed by atoms with van der Waals surface area (Å²) < 4.78 is 5.34. The molecule has 2 amide bonds. The number of hydrogen-bond acceptors (Lipinski definition) is 4. The number of esters is 1. The van der Waals surface area contributed by atoms with Crippen molar-refractivity contribution in [2.45, 2.75) is 90.5 Å². The number of hydrogen-bond donors (Lipinski definition) is 0. The summed E-state index contributed by atoms with van der Waals surface area (Å²) in [7, 11) is 0. The maximum atomic E-state index is 12.3. The van der Waals surface area contributed by atoms with Crippen molar-refractivity contribution in [2.75, 3.05) is 6.61 Å². The normalized spacial score (nSPS) is 15.0. The lowest BCUT2D eigenvalue weighted by Gasteiger charge is -2.24. The predicted octanol–water partition coefficient (Wildman–Crippen LogP) is 4.15. The van der Waals surface area contributed by atoms with E-state index >= 15 is 0 Å². The monoisotopic (exact) mass is 351 g/mol. The predicted molar refractivity (Wildman–Crippen MR) is 97.9 cm³/mol. The Morgan fingerprint density at radius 2 is 1.40 bits per heavy atom. The summed E-state index contributed by atoms with van der Waals surface area (Å²) in [5.41, 5.74) is 0. The second-order valence-electron chi connectivity index (χ2n) is 6.68. The van der Waals surface area contributed by atoms with Gasteiger partial charge in [-0.15, -0.1) is 0 Å². The van der Waals surface area contributed by atoms with Crippen molar-refractivity contribution in [2.24, 2.45) is 0 Å². The van der Waals surface area contributed by atoms with E-state index in [1.807, 2.05) is 6.92 Å².